The number of esters is 1. The maximum absolute atomic E-state index is 14.5. The van der Waals surface area contributed by atoms with Crippen molar-refractivity contribution in [3.05, 3.63) is 0 Å². The van der Waals surface area contributed by atoms with Gasteiger partial charge in [0.2, 0.25) is 0 Å². The van der Waals surface area contributed by atoms with Crippen LogP contribution < -0.4 is 0 Å². The molecule has 0 aromatic rings. The molecule has 7 rings (SSSR count). The molecule has 5 saturated carbocycles. The number of carbonyl (C=O) groups is 2. The molecule has 3 N–H and O–H groups in total. The number of ether oxygens (including phenoxy) is 4. The molecule has 6 unspecified atom stereocenters. The minimum Gasteiger partial charge on any atom is -0.457 e. The lowest BCUT2D eigenvalue weighted by atomic mass is 9.46. The Bertz CT molecular complexity index is 1180. The highest BCUT2D eigenvalue weighted by Crippen LogP contribution is 2.87. The molecule has 2 spiro atoms. The van der Waals surface area contributed by atoms with E-state index in [0.29, 0.717) is 24.7 Å². The van der Waals surface area contributed by atoms with Crippen LogP contribution in [-0.4, -0.2) is 82.2 Å². The van der Waals surface area contributed by atoms with Crippen molar-refractivity contribution in [3.63, 3.8) is 0 Å². The average Bonchev–Trinajstić information content (AvgIpc) is 3.61. The summed E-state index contributed by atoms with van der Waals surface area (Å²) in [5, 5.41) is 30.9. The molecule has 14 atom stereocenters. The van der Waals surface area contributed by atoms with E-state index in [9.17, 15) is 24.9 Å². The van der Waals surface area contributed by atoms with Crippen LogP contribution in [0.15, 0.2) is 0 Å². The predicted octanol–water partition coefficient (Wildman–Crippen LogP) is 4.95. The van der Waals surface area contributed by atoms with Gasteiger partial charge < -0.3 is 34.3 Å². The van der Waals surface area contributed by atoms with Crippen molar-refractivity contribution < 1.29 is 43.9 Å². The lowest BCUT2D eigenvalue weighted by Gasteiger charge is -2.59. The molecule has 2 saturated heterocycles. The Morgan fingerprint density at radius 3 is 2.30 bits per heavy atom. The quantitative estimate of drug-likeness (QED) is 0.280. The number of ketones is 1. The predicted molar refractivity (Wildman–Crippen MR) is 170 cm³/mol. The van der Waals surface area contributed by atoms with Crippen LogP contribution in [0.4, 0.5) is 0 Å². The van der Waals surface area contributed by atoms with E-state index < -0.39 is 48.4 Å². The largest absolute Gasteiger partial charge is 0.457 e. The van der Waals surface area contributed by atoms with Gasteiger partial charge in [-0.05, 0) is 111 Å². The van der Waals surface area contributed by atoms with Gasteiger partial charge in [-0.2, -0.15) is 0 Å². The summed E-state index contributed by atoms with van der Waals surface area (Å²) in [5.74, 6) is 0.804. The van der Waals surface area contributed by atoms with Crippen molar-refractivity contribution in [2.45, 2.75) is 168 Å². The van der Waals surface area contributed by atoms with Gasteiger partial charge in [-0.1, -0.05) is 34.6 Å². The van der Waals surface area contributed by atoms with Crippen LogP contribution >= 0.6 is 0 Å². The minimum absolute atomic E-state index is 0.0136. The maximum atomic E-state index is 14.5. The first-order chi connectivity index (χ1) is 21.5. The molecular formula is C37H60O9. The fourth-order valence-electron chi connectivity index (χ4n) is 12.3. The Balaban J connectivity index is 0.00000182. The zero-order valence-electron chi connectivity index (χ0n) is 29.4. The summed E-state index contributed by atoms with van der Waals surface area (Å²) >= 11 is 0. The Hall–Kier alpha value is -1.10. The van der Waals surface area contributed by atoms with Gasteiger partial charge in [0.05, 0.1) is 30.5 Å². The highest BCUT2D eigenvalue weighted by Gasteiger charge is 2.82. The summed E-state index contributed by atoms with van der Waals surface area (Å²) in [4.78, 5) is 26.4. The number of hydrogen-bond donors (Lipinski definition) is 3. The van der Waals surface area contributed by atoms with Gasteiger partial charge in [0, 0.05) is 19.3 Å². The van der Waals surface area contributed by atoms with E-state index >= 15 is 0 Å². The molecule has 46 heavy (non-hydrogen) atoms. The second-order valence-electron chi connectivity index (χ2n) is 17.2. The minimum atomic E-state index is -1.27. The number of hydrogen-bond acceptors (Lipinski definition) is 9. The summed E-state index contributed by atoms with van der Waals surface area (Å²) in [6, 6.07) is 0. The highest BCUT2D eigenvalue weighted by molar-refractivity contribution is 5.90. The van der Waals surface area contributed by atoms with Gasteiger partial charge in [-0.3, -0.25) is 9.59 Å². The number of rotatable bonds is 5. The number of aliphatic hydroxyl groups is 3. The van der Waals surface area contributed by atoms with E-state index in [4.69, 9.17) is 18.9 Å². The Labute approximate surface area is 275 Å². The molecule has 2 heterocycles. The van der Waals surface area contributed by atoms with Crippen molar-refractivity contribution in [1.82, 2.24) is 0 Å². The van der Waals surface area contributed by atoms with Crippen LogP contribution in [0.1, 0.15) is 120 Å². The van der Waals surface area contributed by atoms with Crippen LogP contribution in [0, 0.1) is 45.3 Å². The first kappa shape index (κ1) is 34.8. The second kappa shape index (κ2) is 11.8. The summed E-state index contributed by atoms with van der Waals surface area (Å²) in [7, 11) is 0. The highest BCUT2D eigenvalue weighted by atomic mass is 16.7. The van der Waals surface area contributed by atoms with E-state index in [1.807, 2.05) is 13.8 Å². The molecule has 9 heteroatoms. The molecule has 0 aromatic heterocycles. The van der Waals surface area contributed by atoms with E-state index in [1.54, 1.807) is 13.8 Å². The molecule has 262 valence electrons. The monoisotopic (exact) mass is 648 g/mol. The lowest BCUT2D eigenvalue weighted by molar-refractivity contribution is -0.263. The zero-order chi connectivity index (χ0) is 33.6. The normalized spacial score (nSPS) is 49.5. The standard InChI is InChI=1S/C35H54O9.C2H6/c1-18(36)42-30(32(4,5)40)23-9-7-20-29(43-23)28(39)27-19-8-10-24-31(2,3)25(44-26-15-21(37)22(38)16-41-26)11-12-35(24)17-34(19,35)14-13-33(20,27)6;1-2/h19-27,29-30,37-38,40H,7-17H2,1-6H3;1-2H3/t19?,20-,21+,22?,23?,24-,25-,26?,27?,29?,30-,33+,34-,35+;/m0./s1. The van der Waals surface area contributed by atoms with Crippen molar-refractivity contribution in [2.24, 2.45) is 45.3 Å². The molecule has 0 aromatic carbocycles. The number of Topliss-reactive ketones (excluding diaryl/α,β-unsaturated/α-hetero) is 1. The first-order valence-electron chi connectivity index (χ1n) is 18.3. The topological polar surface area (TPSA) is 132 Å². The van der Waals surface area contributed by atoms with Crippen molar-refractivity contribution in [1.29, 1.82) is 0 Å². The van der Waals surface area contributed by atoms with E-state index in [2.05, 4.69) is 20.8 Å². The maximum Gasteiger partial charge on any atom is 0.303 e. The Kier molecular flexibility index (Phi) is 8.88. The zero-order valence-corrected chi connectivity index (χ0v) is 29.4. The fourth-order valence-corrected chi connectivity index (χ4v) is 12.3. The first-order valence-corrected chi connectivity index (χ1v) is 18.3. The Morgan fingerprint density at radius 2 is 1.65 bits per heavy atom. The summed E-state index contributed by atoms with van der Waals surface area (Å²) < 4.78 is 24.5. The molecule has 7 aliphatic rings. The molecule has 5 aliphatic carbocycles. The molecule has 0 radical (unpaired) electrons. The number of fused-ring (bicyclic) bond motifs is 4. The van der Waals surface area contributed by atoms with Crippen LogP contribution in [0.5, 0.6) is 0 Å². The lowest BCUT2D eigenvalue weighted by Crippen LogP contribution is -2.56. The van der Waals surface area contributed by atoms with E-state index in [-0.39, 0.29) is 52.0 Å². The summed E-state index contributed by atoms with van der Waals surface area (Å²) in [5.41, 5.74) is -0.999. The van der Waals surface area contributed by atoms with Gasteiger partial charge in [0.15, 0.2) is 18.2 Å². The fraction of sp³-hybridized carbons (Fsp3) is 0.946. The van der Waals surface area contributed by atoms with Crippen molar-refractivity contribution in [3.8, 4) is 0 Å². The van der Waals surface area contributed by atoms with Crippen molar-refractivity contribution in [2.75, 3.05) is 6.61 Å². The van der Waals surface area contributed by atoms with Gasteiger partial charge in [-0.25, -0.2) is 0 Å². The van der Waals surface area contributed by atoms with Crippen LogP contribution in [0.3, 0.4) is 0 Å². The summed E-state index contributed by atoms with van der Waals surface area (Å²) in [6.45, 7) is 15.8. The third-order valence-electron chi connectivity index (χ3n) is 14.3. The average molecular weight is 649 g/mol. The van der Waals surface area contributed by atoms with E-state index in [1.165, 1.54) is 13.3 Å². The summed E-state index contributed by atoms with van der Waals surface area (Å²) in [6.07, 6.45) is 5.40. The molecular weight excluding hydrogens is 588 g/mol. The number of aliphatic hydroxyl groups excluding tert-OH is 2. The molecule has 2 aliphatic heterocycles. The van der Waals surface area contributed by atoms with Crippen LogP contribution in [0.25, 0.3) is 0 Å². The molecule has 0 amide bonds. The van der Waals surface area contributed by atoms with Gasteiger partial charge in [-0.15, -0.1) is 0 Å². The third-order valence-corrected chi connectivity index (χ3v) is 14.3. The van der Waals surface area contributed by atoms with Gasteiger partial charge >= 0.3 is 5.97 Å². The second-order valence-corrected chi connectivity index (χ2v) is 17.2. The number of carbonyl (C=O) groups excluding carboxylic acids is 2. The van der Waals surface area contributed by atoms with E-state index in [0.717, 1.165) is 44.9 Å². The van der Waals surface area contributed by atoms with Crippen LogP contribution in [0.2, 0.25) is 0 Å². The molecule has 9 nitrogen and oxygen atoms in total. The van der Waals surface area contributed by atoms with Crippen LogP contribution in [-0.2, 0) is 28.5 Å². The van der Waals surface area contributed by atoms with Gasteiger partial charge in [0.25, 0.3) is 0 Å². The van der Waals surface area contributed by atoms with Gasteiger partial charge in [0.1, 0.15) is 12.2 Å². The van der Waals surface area contributed by atoms with Crippen molar-refractivity contribution >= 4 is 11.8 Å². The third kappa shape index (κ3) is 5.07. The SMILES string of the molecule is CC.CC(=O)O[C@@H](C1CC[C@H]2C(O1)C(=O)C1C3CC[C@H]4C(C)(C)[C@@H](OC5C[C@@H](O)C(O)CO5)CC[C@@]45C[C@@]35CC[C@@]12C)C(C)(C)O. The molecule has 7 fully saturated rings. The molecule has 0 bridgehead atoms. The Morgan fingerprint density at radius 1 is 0.957 bits per heavy atom. The smallest absolute Gasteiger partial charge is 0.303 e.